The molecule has 0 saturated heterocycles. The van der Waals surface area contributed by atoms with Crippen LogP contribution in [0.25, 0.3) is 22.2 Å². The molecule has 4 N–H and O–H groups in total. The molecular formula is C19H23N3O2. The first-order valence-corrected chi connectivity index (χ1v) is 8.08. The van der Waals surface area contributed by atoms with Crippen molar-refractivity contribution in [3.8, 4) is 22.8 Å². The van der Waals surface area contributed by atoms with Crippen molar-refractivity contribution in [1.82, 2.24) is 4.57 Å². The zero-order valence-corrected chi connectivity index (χ0v) is 14.1. The summed E-state index contributed by atoms with van der Waals surface area (Å²) in [5.74, 6) is 1.63. The Bertz CT molecular complexity index is 838. The van der Waals surface area contributed by atoms with Crippen LogP contribution in [0.3, 0.4) is 0 Å². The van der Waals surface area contributed by atoms with Crippen LogP contribution in [0.1, 0.15) is 6.92 Å². The third-order valence-corrected chi connectivity index (χ3v) is 4.14. The van der Waals surface area contributed by atoms with Gasteiger partial charge in [0, 0.05) is 30.1 Å². The average molecular weight is 325 g/mol. The van der Waals surface area contributed by atoms with Crippen LogP contribution in [-0.2, 0) is 6.54 Å². The van der Waals surface area contributed by atoms with E-state index < -0.39 is 0 Å². The van der Waals surface area contributed by atoms with Crippen molar-refractivity contribution in [3.05, 3.63) is 42.5 Å². The van der Waals surface area contributed by atoms with E-state index in [0.29, 0.717) is 13.2 Å². The molecule has 0 aliphatic heterocycles. The maximum atomic E-state index is 6.45. The number of aryl methyl sites for hydroxylation is 1. The van der Waals surface area contributed by atoms with Crippen molar-refractivity contribution < 1.29 is 9.47 Å². The van der Waals surface area contributed by atoms with E-state index in [4.69, 9.17) is 20.9 Å². The first-order valence-electron chi connectivity index (χ1n) is 8.08. The molecule has 0 bridgehead atoms. The van der Waals surface area contributed by atoms with Gasteiger partial charge in [-0.1, -0.05) is 0 Å². The molecule has 0 aliphatic rings. The minimum Gasteiger partial charge on any atom is -0.497 e. The topological polar surface area (TPSA) is 75.4 Å². The van der Waals surface area contributed by atoms with Crippen molar-refractivity contribution in [3.63, 3.8) is 0 Å². The Labute approximate surface area is 141 Å². The number of nitrogens with two attached hydrogens (primary N) is 2. The highest BCUT2D eigenvalue weighted by atomic mass is 16.5. The van der Waals surface area contributed by atoms with Gasteiger partial charge in [0.05, 0.1) is 24.0 Å². The maximum Gasteiger partial charge on any atom is 0.120 e. The third kappa shape index (κ3) is 2.78. The lowest BCUT2D eigenvalue weighted by Gasteiger charge is -2.10. The predicted molar refractivity (Wildman–Crippen MR) is 98.6 cm³/mol. The molecule has 0 atom stereocenters. The lowest BCUT2D eigenvalue weighted by Crippen LogP contribution is -2.10. The fraction of sp³-hybridized carbons (Fsp3) is 0.263. The fourth-order valence-electron chi connectivity index (χ4n) is 3.01. The summed E-state index contributed by atoms with van der Waals surface area (Å²) in [6, 6.07) is 13.9. The molecule has 0 unspecified atom stereocenters. The number of rotatable bonds is 6. The van der Waals surface area contributed by atoms with Gasteiger partial charge in [-0.25, -0.2) is 0 Å². The fourth-order valence-corrected chi connectivity index (χ4v) is 3.01. The summed E-state index contributed by atoms with van der Waals surface area (Å²) < 4.78 is 13.1. The van der Waals surface area contributed by atoms with Gasteiger partial charge in [0.15, 0.2) is 0 Å². The van der Waals surface area contributed by atoms with Crippen molar-refractivity contribution in [2.45, 2.75) is 13.5 Å². The second-order valence-corrected chi connectivity index (χ2v) is 5.55. The van der Waals surface area contributed by atoms with E-state index in [9.17, 15) is 0 Å². The van der Waals surface area contributed by atoms with Crippen LogP contribution in [0.15, 0.2) is 42.5 Å². The van der Waals surface area contributed by atoms with Gasteiger partial charge >= 0.3 is 0 Å². The Morgan fingerprint density at radius 3 is 2.38 bits per heavy atom. The monoisotopic (exact) mass is 325 g/mol. The molecule has 0 saturated carbocycles. The highest BCUT2D eigenvalue weighted by Gasteiger charge is 2.16. The Balaban J connectivity index is 2.09. The number of anilines is 1. The molecule has 24 heavy (non-hydrogen) atoms. The van der Waals surface area contributed by atoms with Gasteiger partial charge in [0.25, 0.3) is 0 Å². The Kier molecular flexibility index (Phi) is 4.62. The van der Waals surface area contributed by atoms with E-state index in [0.717, 1.165) is 45.9 Å². The highest BCUT2D eigenvalue weighted by molar-refractivity contribution is 6.01. The standard InChI is InChI=1S/C19H23N3O2/c1-3-22-17-12-15(23-2)8-9-16(17)18(21)19(22)13-4-6-14(7-5-13)24-11-10-20/h4-9,12H,3,10-11,20-21H2,1-2H3. The number of benzene rings is 2. The molecule has 0 amide bonds. The highest BCUT2D eigenvalue weighted by Crippen LogP contribution is 2.38. The van der Waals surface area contributed by atoms with Crippen molar-refractivity contribution >= 4 is 16.6 Å². The van der Waals surface area contributed by atoms with Crippen LogP contribution in [0, 0.1) is 0 Å². The second kappa shape index (κ2) is 6.84. The number of hydrogen-bond acceptors (Lipinski definition) is 4. The number of nitrogen functional groups attached to an aromatic ring is 1. The zero-order valence-electron chi connectivity index (χ0n) is 14.1. The summed E-state index contributed by atoms with van der Waals surface area (Å²) in [4.78, 5) is 0. The molecular weight excluding hydrogens is 302 g/mol. The van der Waals surface area contributed by atoms with Crippen LogP contribution in [0.2, 0.25) is 0 Å². The van der Waals surface area contributed by atoms with E-state index in [1.165, 1.54) is 0 Å². The van der Waals surface area contributed by atoms with Crippen LogP contribution in [0.4, 0.5) is 5.69 Å². The van der Waals surface area contributed by atoms with E-state index in [1.54, 1.807) is 7.11 Å². The summed E-state index contributed by atoms with van der Waals surface area (Å²) >= 11 is 0. The van der Waals surface area contributed by atoms with Gasteiger partial charge in [-0.15, -0.1) is 0 Å². The smallest absolute Gasteiger partial charge is 0.120 e. The minimum absolute atomic E-state index is 0.501. The van der Waals surface area contributed by atoms with Crippen molar-refractivity contribution in [2.24, 2.45) is 5.73 Å². The summed E-state index contributed by atoms with van der Waals surface area (Å²) in [7, 11) is 1.67. The Morgan fingerprint density at radius 2 is 1.75 bits per heavy atom. The lowest BCUT2D eigenvalue weighted by atomic mass is 10.1. The normalized spacial score (nSPS) is 11.0. The van der Waals surface area contributed by atoms with E-state index in [2.05, 4.69) is 11.5 Å². The number of methoxy groups -OCH3 is 1. The molecule has 0 radical (unpaired) electrons. The predicted octanol–water partition coefficient (Wildman–Crippen LogP) is 3.26. The van der Waals surface area contributed by atoms with Gasteiger partial charge in [-0.05, 0) is 43.3 Å². The van der Waals surface area contributed by atoms with Crippen LogP contribution < -0.4 is 20.9 Å². The first kappa shape index (κ1) is 16.2. The van der Waals surface area contributed by atoms with Gasteiger partial charge < -0.3 is 25.5 Å². The minimum atomic E-state index is 0.501. The van der Waals surface area contributed by atoms with Crippen LogP contribution in [0.5, 0.6) is 11.5 Å². The number of nitrogens with zero attached hydrogens (tertiary/aromatic N) is 1. The van der Waals surface area contributed by atoms with E-state index in [1.807, 2.05) is 42.5 Å². The van der Waals surface area contributed by atoms with Crippen molar-refractivity contribution in [1.29, 1.82) is 0 Å². The molecule has 5 heteroatoms. The maximum absolute atomic E-state index is 6.45. The molecule has 0 spiro atoms. The SMILES string of the molecule is CCn1c(-c2ccc(OCCN)cc2)c(N)c2ccc(OC)cc21. The largest absolute Gasteiger partial charge is 0.497 e. The molecule has 0 fully saturated rings. The molecule has 1 heterocycles. The summed E-state index contributed by atoms with van der Waals surface area (Å²) in [5.41, 5.74) is 15.9. The summed E-state index contributed by atoms with van der Waals surface area (Å²) in [5, 5.41) is 1.04. The molecule has 2 aromatic carbocycles. The third-order valence-electron chi connectivity index (χ3n) is 4.14. The summed E-state index contributed by atoms with van der Waals surface area (Å²) in [6.07, 6.45) is 0. The van der Waals surface area contributed by atoms with Gasteiger partial charge in [-0.2, -0.15) is 0 Å². The molecule has 3 aromatic rings. The second-order valence-electron chi connectivity index (χ2n) is 5.55. The van der Waals surface area contributed by atoms with Gasteiger partial charge in [0.1, 0.15) is 18.1 Å². The Hall–Kier alpha value is -2.66. The quantitative estimate of drug-likeness (QED) is 0.729. The molecule has 126 valence electrons. The molecule has 3 rings (SSSR count). The van der Waals surface area contributed by atoms with Gasteiger partial charge in [-0.3, -0.25) is 0 Å². The first-order chi connectivity index (χ1) is 11.7. The zero-order chi connectivity index (χ0) is 17.1. The van der Waals surface area contributed by atoms with E-state index in [-0.39, 0.29) is 0 Å². The molecule has 0 aliphatic carbocycles. The van der Waals surface area contributed by atoms with Crippen LogP contribution >= 0.6 is 0 Å². The van der Waals surface area contributed by atoms with E-state index >= 15 is 0 Å². The van der Waals surface area contributed by atoms with Crippen molar-refractivity contribution in [2.75, 3.05) is 26.0 Å². The number of hydrogen-bond donors (Lipinski definition) is 2. The number of ether oxygens (including phenoxy) is 2. The molecule has 5 nitrogen and oxygen atoms in total. The average Bonchev–Trinajstić information content (AvgIpc) is 2.91. The number of fused-ring (bicyclic) bond motifs is 1. The summed E-state index contributed by atoms with van der Waals surface area (Å²) in [6.45, 7) is 3.94. The van der Waals surface area contributed by atoms with Gasteiger partial charge in [0.2, 0.25) is 0 Å². The molecule has 1 aromatic heterocycles. The lowest BCUT2D eigenvalue weighted by molar-refractivity contribution is 0.328. The van der Waals surface area contributed by atoms with Crippen LogP contribution in [-0.4, -0.2) is 24.8 Å². The Morgan fingerprint density at radius 1 is 1.04 bits per heavy atom. The number of aromatic nitrogens is 1.